The number of para-hydroxylation sites is 1. The lowest BCUT2D eigenvalue weighted by Gasteiger charge is -2.19. The Labute approximate surface area is 216 Å². The molecule has 0 unspecified atom stereocenters. The van der Waals surface area contributed by atoms with Crippen molar-refractivity contribution in [3.63, 3.8) is 0 Å². The third-order valence-corrected chi connectivity index (χ3v) is 7.16. The van der Waals surface area contributed by atoms with Gasteiger partial charge in [-0.25, -0.2) is 4.98 Å². The summed E-state index contributed by atoms with van der Waals surface area (Å²) in [6.07, 6.45) is 0.528. The second-order valence-corrected chi connectivity index (χ2v) is 9.48. The van der Waals surface area contributed by atoms with Gasteiger partial charge in [0.2, 0.25) is 0 Å². The van der Waals surface area contributed by atoms with E-state index in [-0.39, 0.29) is 29.5 Å². The van der Waals surface area contributed by atoms with E-state index in [0.717, 1.165) is 17.5 Å². The summed E-state index contributed by atoms with van der Waals surface area (Å²) in [5, 5.41) is 10.7. The summed E-state index contributed by atoms with van der Waals surface area (Å²) in [5.74, 6) is -0.0536. The zero-order chi connectivity index (χ0) is 26.7. The average molecular weight is 528 g/mol. The zero-order valence-electron chi connectivity index (χ0n) is 20.6. The van der Waals surface area contributed by atoms with Crippen molar-refractivity contribution in [2.24, 2.45) is 0 Å². The molecular weight excluding hydrogens is 500 g/mol. The number of ether oxygens (including phenoxy) is 1. The van der Waals surface area contributed by atoms with Gasteiger partial charge in [0.05, 0.1) is 29.3 Å². The number of rotatable bonds is 10. The molecule has 194 valence electrons. The van der Waals surface area contributed by atoms with E-state index in [1.165, 1.54) is 16.7 Å². The molecule has 0 aliphatic heterocycles. The highest BCUT2D eigenvalue weighted by Gasteiger charge is 2.21. The number of aryl methyl sites for hydroxylation is 1. The molecule has 2 aromatic carbocycles. The summed E-state index contributed by atoms with van der Waals surface area (Å²) in [5.41, 5.74) is 3.02. The number of nitrogens with zero attached hydrogens (tertiary/aromatic N) is 3. The first-order chi connectivity index (χ1) is 17.7. The Morgan fingerprint density at radius 2 is 1.84 bits per heavy atom. The third kappa shape index (κ3) is 5.45. The minimum absolute atomic E-state index is 0.0398. The predicted molar refractivity (Wildman–Crippen MR) is 139 cm³/mol. The predicted octanol–water partition coefficient (Wildman–Crippen LogP) is 5.32. The number of aliphatic hydroxyl groups excluding tert-OH is 1. The van der Waals surface area contributed by atoms with Gasteiger partial charge < -0.3 is 14.4 Å². The van der Waals surface area contributed by atoms with Gasteiger partial charge in [-0.05, 0) is 62.7 Å². The van der Waals surface area contributed by atoms with Crippen LogP contribution in [-0.2, 0) is 0 Å². The van der Waals surface area contributed by atoms with Crippen LogP contribution in [0.25, 0.3) is 16.6 Å². The lowest BCUT2D eigenvalue weighted by Crippen LogP contribution is -2.29. The van der Waals surface area contributed by atoms with Crippen LogP contribution >= 0.6 is 11.8 Å². The fraction of sp³-hybridized carbons (Fsp3) is 0.296. The van der Waals surface area contributed by atoms with Crippen LogP contribution in [0, 0.1) is 13.8 Å². The first-order valence-electron chi connectivity index (χ1n) is 11.8. The first-order valence-corrected chi connectivity index (χ1v) is 12.8. The monoisotopic (exact) mass is 527 g/mol. The summed E-state index contributed by atoms with van der Waals surface area (Å²) < 4.78 is 32.7. The maximum absolute atomic E-state index is 13.3. The highest BCUT2D eigenvalue weighted by atomic mass is 32.2. The number of halogens is 2. The van der Waals surface area contributed by atoms with Gasteiger partial charge in [-0.1, -0.05) is 30.8 Å². The number of alkyl halides is 2. The molecule has 0 saturated carbocycles. The summed E-state index contributed by atoms with van der Waals surface area (Å²) >= 11 is 1.16. The molecule has 0 amide bonds. The largest absolute Gasteiger partial charge is 0.435 e. The molecule has 0 fully saturated rings. The van der Waals surface area contributed by atoms with Crippen LogP contribution in [0.4, 0.5) is 8.78 Å². The number of aromatic nitrogens is 3. The van der Waals surface area contributed by atoms with E-state index in [0.29, 0.717) is 39.4 Å². The number of fused-ring (bicyclic) bond motifs is 1. The Balaban J connectivity index is 1.62. The van der Waals surface area contributed by atoms with Crippen LogP contribution < -0.4 is 10.3 Å². The van der Waals surface area contributed by atoms with Crippen LogP contribution in [0.15, 0.2) is 64.5 Å². The van der Waals surface area contributed by atoms with Crippen molar-refractivity contribution in [1.82, 2.24) is 14.1 Å². The number of benzene rings is 2. The Morgan fingerprint density at radius 1 is 1.14 bits per heavy atom. The van der Waals surface area contributed by atoms with Crippen molar-refractivity contribution in [2.45, 2.75) is 45.0 Å². The normalized spacial score (nSPS) is 12.3. The lowest BCUT2D eigenvalue weighted by atomic mass is 10.2. The number of hydrogen-bond donors (Lipinski definition) is 1. The lowest BCUT2D eigenvalue weighted by molar-refractivity contribution is -0.0498. The molecule has 0 spiro atoms. The topological polar surface area (TPSA) is 86.3 Å². The van der Waals surface area contributed by atoms with Gasteiger partial charge in [0.25, 0.3) is 5.56 Å². The standard InChI is InChI=1S/C27H27F2N3O4S/c1-4-18(14-33)32-25(35)21-7-5-6-8-23(21)30-27(32)37-15-24(34)22-13-16(2)31(17(22)3)19-9-11-20(12-10-19)36-26(28)29/h5-13,18,26,33H,4,14-15H2,1-3H3/t18-/m1/s1. The number of aliphatic hydroxyl groups is 1. The molecule has 1 atom stereocenters. The number of thioether (sulfide) groups is 1. The van der Waals surface area contributed by atoms with Crippen molar-refractivity contribution in [2.75, 3.05) is 12.4 Å². The molecule has 0 bridgehead atoms. The van der Waals surface area contributed by atoms with Gasteiger partial charge in [-0.2, -0.15) is 8.78 Å². The molecule has 7 nitrogen and oxygen atoms in total. The molecule has 0 radical (unpaired) electrons. The van der Waals surface area contributed by atoms with Crippen molar-refractivity contribution in [3.8, 4) is 11.4 Å². The number of carbonyl (C=O) groups is 1. The molecule has 0 aliphatic carbocycles. The Morgan fingerprint density at radius 3 is 2.49 bits per heavy atom. The van der Waals surface area contributed by atoms with Crippen molar-refractivity contribution >= 4 is 28.4 Å². The molecule has 4 aromatic rings. The van der Waals surface area contributed by atoms with Gasteiger partial charge in [-0.3, -0.25) is 14.2 Å². The summed E-state index contributed by atoms with van der Waals surface area (Å²) in [6, 6.07) is 14.5. The van der Waals surface area contributed by atoms with Gasteiger partial charge in [-0.15, -0.1) is 0 Å². The highest BCUT2D eigenvalue weighted by molar-refractivity contribution is 7.99. The summed E-state index contributed by atoms with van der Waals surface area (Å²) in [4.78, 5) is 31.1. The van der Waals surface area contributed by atoms with Gasteiger partial charge in [0, 0.05) is 22.6 Å². The zero-order valence-corrected chi connectivity index (χ0v) is 21.5. The van der Waals surface area contributed by atoms with Crippen molar-refractivity contribution < 1.29 is 23.4 Å². The van der Waals surface area contributed by atoms with E-state index < -0.39 is 12.7 Å². The van der Waals surface area contributed by atoms with Crippen LogP contribution in [0.1, 0.15) is 41.1 Å². The van der Waals surface area contributed by atoms with Gasteiger partial charge >= 0.3 is 6.61 Å². The van der Waals surface area contributed by atoms with E-state index >= 15 is 0 Å². The molecule has 1 N–H and O–H groups in total. The molecule has 0 saturated heterocycles. The number of hydrogen-bond acceptors (Lipinski definition) is 6. The van der Waals surface area contributed by atoms with Crippen LogP contribution in [-0.4, -0.2) is 44.0 Å². The second-order valence-electron chi connectivity index (χ2n) is 8.54. The Hall–Kier alpha value is -3.50. The molecule has 0 aliphatic rings. The SMILES string of the molecule is CC[C@H](CO)n1c(SCC(=O)c2cc(C)n(-c3ccc(OC(F)F)cc3)c2C)nc2ccccc2c1=O. The molecule has 2 heterocycles. The van der Waals surface area contributed by atoms with Crippen LogP contribution in [0.5, 0.6) is 5.75 Å². The summed E-state index contributed by atoms with van der Waals surface area (Å²) in [6.45, 7) is 2.43. The van der Waals surface area contributed by atoms with Gasteiger partial charge in [0.15, 0.2) is 10.9 Å². The molecular formula is C27H27F2N3O4S. The maximum Gasteiger partial charge on any atom is 0.387 e. The quantitative estimate of drug-likeness (QED) is 0.171. The van der Waals surface area contributed by atoms with Gasteiger partial charge in [0.1, 0.15) is 5.75 Å². The number of carbonyl (C=O) groups excluding carboxylic acids is 1. The molecule has 37 heavy (non-hydrogen) atoms. The minimum atomic E-state index is -2.90. The van der Waals surface area contributed by atoms with E-state index in [4.69, 9.17) is 0 Å². The Kier molecular flexibility index (Phi) is 8.09. The summed E-state index contributed by atoms with van der Waals surface area (Å²) in [7, 11) is 0. The highest BCUT2D eigenvalue weighted by Crippen LogP contribution is 2.27. The fourth-order valence-corrected chi connectivity index (χ4v) is 5.32. The molecule has 4 rings (SSSR count). The van der Waals surface area contributed by atoms with E-state index in [1.54, 1.807) is 42.5 Å². The van der Waals surface area contributed by atoms with Crippen molar-refractivity contribution in [1.29, 1.82) is 0 Å². The average Bonchev–Trinajstić information content (AvgIpc) is 3.18. The fourth-order valence-electron chi connectivity index (χ4n) is 4.37. The molecule has 2 aromatic heterocycles. The smallest absolute Gasteiger partial charge is 0.387 e. The first kappa shape index (κ1) is 26.6. The van der Waals surface area contributed by atoms with Crippen LogP contribution in [0.2, 0.25) is 0 Å². The van der Waals surface area contributed by atoms with E-state index in [1.807, 2.05) is 25.3 Å². The number of Topliss-reactive ketones (excluding diaryl/α,β-unsaturated/α-hetero) is 1. The molecule has 10 heteroatoms. The third-order valence-electron chi connectivity index (χ3n) is 6.21. The van der Waals surface area contributed by atoms with E-state index in [2.05, 4.69) is 9.72 Å². The van der Waals surface area contributed by atoms with E-state index in [9.17, 15) is 23.5 Å². The minimum Gasteiger partial charge on any atom is -0.435 e. The number of ketones is 1. The van der Waals surface area contributed by atoms with Crippen LogP contribution in [0.3, 0.4) is 0 Å². The maximum atomic E-state index is 13.3. The Bertz CT molecular complexity index is 1480. The second kappa shape index (κ2) is 11.3. The van der Waals surface area contributed by atoms with Crippen molar-refractivity contribution in [3.05, 3.63) is 81.9 Å².